The minimum Gasteiger partial charge on any atom is -0.497 e. The van der Waals surface area contributed by atoms with E-state index in [1.165, 1.54) is 11.8 Å². The summed E-state index contributed by atoms with van der Waals surface area (Å²) in [5.41, 5.74) is 1.85. The normalized spacial score (nSPS) is 14.1. The molecule has 3 rings (SSSR count). The smallest absolute Gasteiger partial charge is 0.259 e. The predicted octanol–water partition coefficient (Wildman–Crippen LogP) is 4.48. The first-order chi connectivity index (χ1) is 14.6. The number of thioether (sulfide) groups is 2. The van der Waals surface area contributed by atoms with Crippen molar-refractivity contribution in [3.63, 3.8) is 0 Å². The molecule has 0 aromatic heterocycles. The fraction of sp³-hybridized carbons (Fsp3) is 0.316. The van der Waals surface area contributed by atoms with Gasteiger partial charge in [0.25, 0.3) is 5.91 Å². The highest BCUT2D eigenvalue weighted by molar-refractivity contribution is 8.02. The van der Waals surface area contributed by atoms with Crippen LogP contribution in [0.5, 0.6) is 17.2 Å². The molecule has 1 aliphatic heterocycles. The van der Waals surface area contributed by atoms with E-state index >= 15 is 0 Å². The summed E-state index contributed by atoms with van der Waals surface area (Å²) in [6, 6.07) is 15.0. The van der Waals surface area contributed by atoms with Crippen molar-refractivity contribution < 1.29 is 19.5 Å². The molecule has 2 aromatic carbocycles. The van der Waals surface area contributed by atoms with Crippen LogP contribution in [-0.4, -0.2) is 34.5 Å². The molecule has 1 aliphatic rings. The van der Waals surface area contributed by atoms with E-state index in [4.69, 9.17) is 34.5 Å². The molecule has 9 nitrogen and oxygen atoms in total. The Hall–Kier alpha value is -2.63. The third-order valence-corrected chi connectivity index (χ3v) is 6.73. The second-order valence-corrected chi connectivity index (χ2v) is 8.58. The number of methoxy groups -OCH3 is 1. The standard InChI is InChI=1S/C19H21NO4S2.2O2/c1-23-14-2-4-15(5-3-14)24-16-6-8-17(9-7-16)26-19(18(21)20-22)10-12-25-13-11-19;2*1-2/h2-9,22H,10-13H2,1H3,(H,20,21);;. The fourth-order valence-corrected chi connectivity index (χ4v) is 5.48. The molecular weight excluding hydrogens is 434 g/mol. The van der Waals surface area contributed by atoms with Crippen molar-refractivity contribution in [1.82, 2.24) is 5.48 Å². The number of nitrogens with one attached hydrogen (secondary N) is 1. The molecule has 1 saturated heterocycles. The topological polar surface area (TPSA) is 136 Å². The maximum Gasteiger partial charge on any atom is 0.259 e. The van der Waals surface area contributed by atoms with Gasteiger partial charge in [-0.3, -0.25) is 10.0 Å². The largest absolute Gasteiger partial charge is 0.497 e. The lowest BCUT2D eigenvalue weighted by atomic mass is 10.0. The molecule has 162 valence electrons. The molecule has 0 bridgehead atoms. The van der Waals surface area contributed by atoms with Gasteiger partial charge in [-0.25, -0.2) is 5.48 Å². The number of hydrogen-bond donors (Lipinski definition) is 2. The average molecular weight is 456 g/mol. The number of carbonyl (C=O) groups excluding carboxylic acids is 1. The zero-order chi connectivity index (χ0) is 22.4. The number of ether oxygens (including phenoxy) is 2. The van der Waals surface area contributed by atoms with Crippen LogP contribution in [0.4, 0.5) is 0 Å². The van der Waals surface area contributed by atoms with Gasteiger partial charge in [-0.15, -0.1) is 11.8 Å². The molecule has 0 unspecified atom stereocenters. The Labute approximate surface area is 181 Å². The molecule has 0 saturated carbocycles. The Bertz CT molecular complexity index is 765. The van der Waals surface area contributed by atoms with E-state index in [9.17, 15) is 4.79 Å². The minimum atomic E-state index is -0.613. The van der Waals surface area contributed by atoms with Gasteiger partial charge in [0.05, 0.1) is 7.11 Å². The van der Waals surface area contributed by atoms with E-state index in [1.54, 1.807) is 7.11 Å². The van der Waals surface area contributed by atoms with E-state index in [0.29, 0.717) is 0 Å². The SMILES string of the molecule is COc1ccc(Oc2ccc(SC3(C(=O)NO)CCSCC3)cc2)cc1.O=O.O=O. The predicted molar refractivity (Wildman–Crippen MR) is 118 cm³/mol. The van der Waals surface area contributed by atoms with Crippen LogP contribution in [-0.2, 0) is 4.79 Å². The first-order valence-corrected chi connectivity index (χ1v) is 10.6. The van der Waals surface area contributed by atoms with E-state index in [2.05, 4.69) is 0 Å². The average Bonchev–Trinajstić information content (AvgIpc) is 2.83. The monoisotopic (exact) mass is 455 g/mol. The lowest BCUT2D eigenvalue weighted by Gasteiger charge is -2.34. The van der Waals surface area contributed by atoms with Crippen molar-refractivity contribution in [2.45, 2.75) is 22.5 Å². The Morgan fingerprint density at radius 3 is 1.87 bits per heavy atom. The summed E-state index contributed by atoms with van der Waals surface area (Å²) in [6.07, 6.45) is 1.47. The van der Waals surface area contributed by atoms with Crippen LogP contribution in [0.3, 0.4) is 0 Å². The molecular formula is C19H21NO8S2. The van der Waals surface area contributed by atoms with Gasteiger partial charge < -0.3 is 9.47 Å². The van der Waals surface area contributed by atoms with Crippen LogP contribution in [0.1, 0.15) is 12.8 Å². The van der Waals surface area contributed by atoms with Gasteiger partial charge >= 0.3 is 0 Å². The molecule has 0 spiro atoms. The second-order valence-electron chi connectivity index (χ2n) is 5.90. The van der Waals surface area contributed by atoms with E-state index in [-0.39, 0.29) is 5.91 Å². The molecule has 1 heterocycles. The Kier molecular flexibility index (Phi) is 11.5. The van der Waals surface area contributed by atoms with Gasteiger partial charge in [0, 0.05) is 24.8 Å². The number of benzene rings is 2. The molecule has 0 aliphatic carbocycles. The summed E-state index contributed by atoms with van der Waals surface area (Å²) in [5.74, 6) is 3.74. The molecule has 11 heteroatoms. The zero-order valence-electron chi connectivity index (χ0n) is 16.1. The quantitative estimate of drug-likeness (QED) is 0.473. The highest BCUT2D eigenvalue weighted by atomic mass is 32.2. The van der Waals surface area contributed by atoms with Gasteiger partial charge in [0.1, 0.15) is 22.0 Å². The van der Waals surface area contributed by atoms with Crippen molar-refractivity contribution in [1.29, 1.82) is 0 Å². The van der Waals surface area contributed by atoms with E-state index in [1.807, 2.05) is 65.8 Å². The van der Waals surface area contributed by atoms with Gasteiger partial charge in [-0.1, -0.05) is 0 Å². The minimum absolute atomic E-state index is 0.318. The lowest BCUT2D eigenvalue weighted by molar-refractivity contribution is -0.131. The molecule has 0 atom stereocenters. The number of amides is 1. The van der Waals surface area contributed by atoms with Crippen LogP contribution in [0, 0.1) is 19.9 Å². The highest BCUT2D eigenvalue weighted by Gasteiger charge is 2.40. The third-order valence-electron chi connectivity index (χ3n) is 4.25. The molecule has 0 radical (unpaired) electrons. The lowest BCUT2D eigenvalue weighted by Crippen LogP contribution is -2.45. The van der Waals surface area contributed by atoms with E-state index < -0.39 is 4.75 Å². The second kappa shape index (κ2) is 13.6. The zero-order valence-corrected chi connectivity index (χ0v) is 17.7. The van der Waals surface area contributed by atoms with Crippen LogP contribution < -0.4 is 15.0 Å². The van der Waals surface area contributed by atoms with Crippen molar-refractivity contribution >= 4 is 29.4 Å². The van der Waals surface area contributed by atoms with Crippen molar-refractivity contribution in [2.24, 2.45) is 0 Å². The first-order valence-electron chi connectivity index (χ1n) is 8.62. The summed E-state index contributed by atoms with van der Waals surface area (Å²) in [5, 5.41) is 9.13. The number of rotatable bonds is 6. The maximum atomic E-state index is 12.2. The summed E-state index contributed by atoms with van der Waals surface area (Å²) in [7, 11) is 1.63. The van der Waals surface area contributed by atoms with Gasteiger partial charge in [-0.05, 0) is 72.9 Å². The summed E-state index contributed by atoms with van der Waals surface area (Å²) in [6.45, 7) is 0. The Balaban J connectivity index is 0.00000106. The molecule has 1 fully saturated rings. The summed E-state index contributed by atoms with van der Waals surface area (Å²) < 4.78 is 10.4. The van der Waals surface area contributed by atoms with Crippen LogP contribution in [0.25, 0.3) is 0 Å². The number of hydrogen-bond acceptors (Lipinski definition) is 10. The maximum absolute atomic E-state index is 12.2. The third kappa shape index (κ3) is 7.01. The van der Waals surface area contributed by atoms with Gasteiger partial charge in [0.15, 0.2) is 0 Å². The Morgan fingerprint density at radius 2 is 1.40 bits per heavy atom. The van der Waals surface area contributed by atoms with Crippen molar-refractivity contribution in [2.75, 3.05) is 18.6 Å². The Morgan fingerprint density at radius 1 is 0.933 bits per heavy atom. The van der Waals surface area contributed by atoms with Crippen LogP contribution in [0.15, 0.2) is 53.4 Å². The summed E-state index contributed by atoms with van der Waals surface area (Å²) in [4.78, 5) is 41.2. The number of carbonyl (C=O) groups is 1. The summed E-state index contributed by atoms with van der Waals surface area (Å²) >= 11 is 3.35. The molecule has 30 heavy (non-hydrogen) atoms. The first kappa shape index (κ1) is 25.4. The van der Waals surface area contributed by atoms with Crippen LogP contribution >= 0.6 is 23.5 Å². The molecule has 2 N–H and O–H groups in total. The molecule has 2 aromatic rings. The highest BCUT2D eigenvalue weighted by Crippen LogP contribution is 2.43. The van der Waals surface area contributed by atoms with Crippen LogP contribution in [0.2, 0.25) is 0 Å². The van der Waals surface area contributed by atoms with Gasteiger partial charge in [0.2, 0.25) is 0 Å². The van der Waals surface area contributed by atoms with Crippen molar-refractivity contribution in [3.05, 3.63) is 68.4 Å². The fourth-order valence-electron chi connectivity index (χ4n) is 2.76. The number of hydroxylamine groups is 1. The molecule has 1 amide bonds. The van der Waals surface area contributed by atoms with Gasteiger partial charge in [-0.2, -0.15) is 11.8 Å². The van der Waals surface area contributed by atoms with Crippen molar-refractivity contribution in [3.8, 4) is 17.2 Å². The van der Waals surface area contributed by atoms with E-state index in [0.717, 1.165) is 46.5 Å².